The maximum atomic E-state index is 12.0. The van der Waals surface area contributed by atoms with E-state index >= 15 is 0 Å². The molecule has 0 aliphatic rings. The van der Waals surface area contributed by atoms with Gasteiger partial charge in [0.05, 0.1) is 5.75 Å². The summed E-state index contributed by atoms with van der Waals surface area (Å²) in [4.78, 5) is 12.0. The molecule has 0 bridgehead atoms. The number of thioether (sulfide) groups is 1. The molecule has 0 aromatic heterocycles. The van der Waals surface area contributed by atoms with Crippen LogP contribution >= 0.6 is 23.4 Å². The first-order valence-corrected chi connectivity index (χ1v) is 9.32. The van der Waals surface area contributed by atoms with Crippen molar-refractivity contribution in [3.8, 4) is 0 Å². The highest BCUT2D eigenvalue weighted by molar-refractivity contribution is 7.99. The summed E-state index contributed by atoms with van der Waals surface area (Å²) in [6.45, 7) is 2.06. The summed E-state index contributed by atoms with van der Waals surface area (Å²) in [5, 5.41) is 3.80. The highest BCUT2D eigenvalue weighted by Gasteiger charge is 2.08. The molecular weight excluding hydrogens is 326 g/mol. The van der Waals surface area contributed by atoms with Crippen LogP contribution in [-0.2, 0) is 17.0 Å². The summed E-state index contributed by atoms with van der Waals surface area (Å²) < 4.78 is 0. The second-order valence-corrected chi connectivity index (χ2v) is 7.04. The predicted octanol–water partition coefficient (Wildman–Crippen LogP) is 4.71. The summed E-state index contributed by atoms with van der Waals surface area (Å²) in [6, 6.07) is 18.3. The van der Waals surface area contributed by atoms with Crippen molar-refractivity contribution < 1.29 is 4.79 Å². The fraction of sp³-hybridized carbons (Fsp3) is 0.316. The number of halogens is 1. The van der Waals surface area contributed by atoms with Gasteiger partial charge in [-0.15, -0.1) is 11.8 Å². The summed E-state index contributed by atoms with van der Waals surface area (Å²) in [5.41, 5.74) is 2.45. The average molecular weight is 348 g/mol. The fourth-order valence-corrected chi connectivity index (χ4v) is 3.30. The van der Waals surface area contributed by atoms with Gasteiger partial charge in [-0.1, -0.05) is 54.1 Å². The molecule has 1 N–H and O–H groups in total. The Labute approximate surface area is 147 Å². The van der Waals surface area contributed by atoms with E-state index in [1.165, 1.54) is 5.56 Å². The number of aryl methyl sites for hydroxylation is 1. The number of carbonyl (C=O) groups excluding carboxylic acids is 1. The summed E-state index contributed by atoms with van der Waals surface area (Å²) in [6.07, 6.45) is 1.94. The number of hydrogen-bond acceptors (Lipinski definition) is 2. The first-order valence-electron chi connectivity index (χ1n) is 7.79. The lowest BCUT2D eigenvalue weighted by molar-refractivity contribution is -0.119. The smallest absolute Gasteiger partial charge is 0.230 e. The van der Waals surface area contributed by atoms with Gasteiger partial charge in [0.25, 0.3) is 0 Å². The van der Waals surface area contributed by atoms with Gasteiger partial charge >= 0.3 is 0 Å². The number of carbonyl (C=O) groups is 1. The molecule has 1 atom stereocenters. The van der Waals surface area contributed by atoms with Crippen molar-refractivity contribution in [2.75, 3.05) is 5.75 Å². The quantitative estimate of drug-likeness (QED) is 0.749. The van der Waals surface area contributed by atoms with Gasteiger partial charge in [0.2, 0.25) is 5.91 Å². The van der Waals surface area contributed by atoms with Crippen molar-refractivity contribution in [3.63, 3.8) is 0 Å². The molecule has 2 aromatic carbocycles. The van der Waals surface area contributed by atoms with E-state index in [9.17, 15) is 4.79 Å². The SMILES string of the molecule is C[C@@H](CCc1ccccc1)NC(=O)CSCc1cccc(Cl)c1. The molecule has 0 aliphatic carbocycles. The Morgan fingerprint density at radius 1 is 1.13 bits per heavy atom. The first kappa shape index (κ1) is 17.9. The maximum absolute atomic E-state index is 12.0. The second kappa shape index (κ2) is 9.64. The van der Waals surface area contributed by atoms with Crippen LogP contribution in [0, 0.1) is 0 Å². The molecule has 2 rings (SSSR count). The Kier molecular flexibility index (Phi) is 7.50. The van der Waals surface area contributed by atoms with Gasteiger partial charge in [-0.2, -0.15) is 0 Å². The van der Waals surface area contributed by atoms with Crippen LogP contribution in [-0.4, -0.2) is 17.7 Å². The fourth-order valence-electron chi connectivity index (χ4n) is 2.30. The maximum Gasteiger partial charge on any atom is 0.230 e. The lowest BCUT2D eigenvalue weighted by Crippen LogP contribution is -2.34. The monoisotopic (exact) mass is 347 g/mol. The molecule has 0 radical (unpaired) electrons. The van der Waals surface area contributed by atoms with Gasteiger partial charge < -0.3 is 5.32 Å². The zero-order valence-electron chi connectivity index (χ0n) is 13.3. The van der Waals surface area contributed by atoms with Crippen LogP contribution in [0.3, 0.4) is 0 Å². The molecule has 4 heteroatoms. The molecule has 0 fully saturated rings. The van der Waals surface area contributed by atoms with Crippen LogP contribution in [0.4, 0.5) is 0 Å². The van der Waals surface area contributed by atoms with Gasteiger partial charge in [0.1, 0.15) is 0 Å². The van der Waals surface area contributed by atoms with Gasteiger partial charge in [0, 0.05) is 16.8 Å². The molecule has 23 heavy (non-hydrogen) atoms. The number of amides is 1. The third-order valence-corrected chi connectivity index (χ3v) is 4.75. The molecule has 122 valence electrons. The molecule has 1 amide bonds. The molecule has 0 aliphatic heterocycles. The standard InChI is InChI=1S/C19H22ClNOS/c1-15(10-11-16-6-3-2-4-7-16)21-19(22)14-23-13-17-8-5-9-18(20)12-17/h2-9,12,15H,10-11,13-14H2,1H3,(H,21,22)/t15-/m0/s1. The third kappa shape index (κ3) is 7.10. The van der Waals surface area contributed by atoms with Crippen LogP contribution in [0.5, 0.6) is 0 Å². The first-order chi connectivity index (χ1) is 11.1. The molecule has 0 unspecified atom stereocenters. The number of rotatable bonds is 8. The van der Waals surface area contributed by atoms with E-state index in [0.717, 1.165) is 29.2 Å². The minimum Gasteiger partial charge on any atom is -0.353 e. The van der Waals surface area contributed by atoms with E-state index in [4.69, 9.17) is 11.6 Å². The summed E-state index contributed by atoms with van der Waals surface area (Å²) in [7, 11) is 0. The predicted molar refractivity (Wildman–Crippen MR) is 100.0 cm³/mol. The Morgan fingerprint density at radius 2 is 1.87 bits per heavy atom. The number of hydrogen-bond donors (Lipinski definition) is 1. The van der Waals surface area contributed by atoms with E-state index in [-0.39, 0.29) is 11.9 Å². The highest BCUT2D eigenvalue weighted by atomic mass is 35.5. The van der Waals surface area contributed by atoms with Gasteiger partial charge in [-0.3, -0.25) is 4.79 Å². The molecule has 2 nitrogen and oxygen atoms in total. The summed E-state index contributed by atoms with van der Waals surface area (Å²) in [5.74, 6) is 1.37. The van der Waals surface area contributed by atoms with Crippen LogP contribution in [0.2, 0.25) is 5.02 Å². The second-order valence-electron chi connectivity index (χ2n) is 5.62. The van der Waals surface area contributed by atoms with Crippen molar-refractivity contribution in [1.29, 1.82) is 0 Å². The van der Waals surface area contributed by atoms with E-state index < -0.39 is 0 Å². The van der Waals surface area contributed by atoms with Gasteiger partial charge in [0.15, 0.2) is 0 Å². The Morgan fingerprint density at radius 3 is 2.61 bits per heavy atom. The van der Waals surface area contributed by atoms with Crippen LogP contribution in [0.25, 0.3) is 0 Å². The molecule has 0 saturated heterocycles. The Balaban J connectivity index is 1.64. The zero-order chi connectivity index (χ0) is 16.5. The normalized spacial score (nSPS) is 11.9. The molecule has 2 aromatic rings. The Hall–Kier alpha value is -1.45. The van der Waals surface area contributed by atoms with Crippen molar-refractivity contribution >= 4 is 29.3 Å². The molecule has 0 spiro atoms. The molecule has 0 saturated carbocycles. The average Bonchev–Trinajstić information content (AvgIpc) is 2.54. The topological polar surface area (TPSA) is 29.1 Å². The van der Waals surface area contributed by atoms with Crippen molar-refractivity contribution in [2.24, 2.45) is 0 Å². The van der Waals surface area contributed by atoms with Crippen molar-refractivity contribution in [1.82, 2.24) is 5.32 Å². The Bertz CT molecular complexity index is 618. The van der Waals surface area contributed by atoms with E-state index in [1.54, 1.807) is 11.8 Å². The third-order valence-electron chi connectivity index (χ3n) is 3.51. The van der Waals surface area contributed by atoms with Crippen molar-refractivity contribution in [2.45, 2.75) is 31.6 Å². The van der Waals surface area contributed by atoms with Crippen molar-refractivity contribution in [3.05, 3.63) is 70.7 Å². The molecular formula is C19H22ClNOS. The van der Waals surface area contributed by atoms with E-state index in [1.807, 2.05) is 42.5 Å². The van der Waals surface area contributed by atoms with E-state index in [2.05, 4.69) is 24.4 Å². The largest absolute Gasteiger partial charge is 0.353 e. The van der Waals surface area contributed by atoms with Crippen LogP contribution in [0.15, 0.2) is 54.6 Å². The van der Waals surface area contributed by atoms with Gasteiger partial charge in [-0.05, 0) is 43.0 Å². The minimum atomic E-state index is 0.0950. The minimum absolute atomic E-state index is 0.0950. The van der Waals surface area contributed by atoms with Gasteiger partial charge in [-0.25, -0.2) is 0 Å². The van der Waals surface area contributed by atoms with E-state index in [0.29, 0.717) is 5.75 Å². The lowest BCUT2D eigenvalue weighted by atomic mass is 10.1. The highest BCUT2D eigenvalue weighted by Crippen LogP contribution is 2.16. The lowest BCUT2D eigenvalue weighted by Gasteiger charge is -2.13. The van der Waals surface area contributed by atoms with Crippen LogP contribution in [0.1, 0.15) is 24.5 Å². The zero-order valence-corrected chi connectivity index (χ0v) is 14.9. The summed E-state index contributed by atoms with van der Waals surface area (Å²) >= 11 is 7.56. The number of benzene rings is 2. The molecule has 0 heterocycles. The number of nitrogens with one attached hydrogen (secondary N) is 1. The van der Waals surface area contributed by atoms with Crippen LogP contribution < -0.4 is 5.32 Å².